The van der Waals surface area contributed by atoms with Gasteiger partial charge in [-0.2, -0.15) is 0 Å². The number of aryl methyl sites for hydroxylation is 1. The lowest BCUT2D eigenvalue weighted by molar-refractivity contribution is 0.276. The number of piperazine rings is 1. The Morgan fingerprint density at radius 1 is 1.33 bits per heavy atom. The maximum Gasteiger partial charge on any atom is 0.185 e. The quantitative estimate of drug-likeness (QED) is 0.807. The van der Waals surface area contributed by atoms with Crippen molar-refractivity contribution in [3.05, 3.63) is 10.6 Å². The van der Waals surface area contributed by atoms with Gasteiger partial charge in [-0.1, -0.05) is 0 Å². The Kier molecular flexibility index (Phi) is 3.23. The average molecular weight is 227 g/mol. The fourth-order valence-corrected chi connectivity index (χ4v) is 2.66. The summed E-state index contributed by atoms with van der Waals surface area (Å²) in [6.45, 7) is 6.32. The number of rotatable bonds is 2. The van der Waals surface area contributed by atoms with Crippen molar-refractivity contribution in [1.82, 2.24) is 9.88 Å². The number of likely N-dealkylation sites (N-methyl/N-ethyl adjacent to an activating group) is 1. The highest BCUT2D eigenvalue weighted by atomic mass is 32.1. The van der Waals surface area contributed by atoms with Gasteiger partial charge < -0.3 is 14.9 Å². The molecular weight excluding hydrogens is 210 g/mol. The fraction of sp³-hybridized carbons (Fsp3) is 0.700. The zero-order valence-electron chi connectivity index (χ0n) is 9.23. The Labute approximate surface area is 94.2 Å². The van der Waals surface area contributed by atoms with Crippen LogP contribution in [0.25, 0.3) is 0 Å². The van der Waals surface area contributed by atoms with Crippen LogP contribution in [0.2, 0.25) is 0 Å². The number of thiazole rings is 1. The van der Waals surface area contributed by atoms with Crippen LogP contribution >= 0.6 is 11.3 Å². The van der Waals surface area contributed by atoms with E-state index < -0.39 is 0 Å². The highest BCUT2D eigenvalue weighted by molar-refractivity contribution is 7.15. The highest BCUT2D eigenvalue weighted by Crippen LogP contribution is 2.26. The van der Waals surface area contributed by atoms with Crippen molar-refractivity contribution in [1.29, 1.82) is 0 Å². The molecule has 1 fully saturated rings. The maximum absolute atomic E-state index is 9.09. The predicted octanol–water partition coefficient (Wildman–Crippen LogP) is 0.696. The van der Waals surface area contributed by atoms with Gasteiger partial charge in [0, 0.05) is 31.1 Å². The molecule has 0 saturated carbocycles. The van der Waals surface area contributed by atoms with Gasteiger partial charge in [0.15, 0.2) is 5.13 Å². The first-order valence-corrected chi connectivity index (χ1v) is 6.03. The predicted molar refractivity (Wildman–Crippen MR) is 62.5 cm³/mol. The molecule has 0 aromatic carbocycles. The van der Waals surface area contributed by atoms with Crippen molar-refractivity contribution in [3.8, 4) is 0 Å². The van der Waals surface area contributed by atoms with Crippen LogP contribution in [-0.4, -0.2) is 48.2 Å². The van der Waals surface area contributed by atoms with E-state index in [0.717, 1.165) is 41.9 Å². The zero-order valence-corrected chi connectivity index (χ0v) is 10.0. The Morgan fingerprint density at radius 3 is 2.53 bits per heavy atom. The zero-order chi connectivity index (χ0) is 10.8. The Bertz CT molecular complexity index is 331. The molecule has 1 aromatic rings. The van der Waals surface area contributed by atoms with Gasteiger partial charge in [-0.15, -0.1) is 11.3 Å². The number of aliphatic hydroxyl groups is 1. The summed E-state index contributed by atoms with van der Waals surface area (Å²) in [5.74, 6) is 0. The van der Waals surface area contributed by atoms with E-state index in [9.17, 15) is 0 Å². The molecule has 1 N–H and O–H groups in total. The number of hydrogen-bond donors (Lipinski definition) is 1. The minimum absolute atomic E-state index is 0.0517. The van der Waals surface area contributed by atoms with E-state index in [-0.39, 0.29) is 6.61 Å². The van der Waals surface area contributed by atoms with E-state index in [0.29, 0.717) is 0 Å². The van der Waals surface area contributed by atoms with Crippen molar-refractivity contribution in [2.24, 2.45) is 0 Å². The third-order valence-corrected chi connectivity index (χ3v) is 3.88. The number of aromatic nitrogens is 1. The fourth-order valence-electron chi connectivity index (χ4n) is 1.69. The lowest BCUT2D eigenvalue weighted by Crippen LogP contribution is -2.44. The second-order valence-electron chi connectivity index (χ2n) is 3.95. The molecular formula is C10H17N3OS. The van der Waals surface area contributed by atoms with Gasteiger partial charge in [-0.25, -0.2) is 4.98 Å². The first-order chi connectivity index (χ1) is 7.20. The van der Waals surface area contributed by atoms with Crippen LogP contribution in [0.1, 0.15) is 10.6 Å². The Hall–Kier alpha value is -0.650. The molecule has 1 aliphatic rings. The molecule has 0 bridgehead atoms. The monoisotopic (exact) mass is 227 g/mol. The van der Waals surface area contributed by atoms with Crippen LogP contribution in [0.3, 0.4) is 0 Å². The van der Waals surface area contributed by atoms with E-state index >= 15 is 0 Å². The van der Waals surface area contributed by atoms with Gasteiger partial charge in [-0.3, -0.25) is 0 Å². The average Bonchev–Trinajstić information content (AvgIpc) is 2.61. The molecule has 2 rings (SSSR count). The Morgan fingerprint density at radius 2 is 2.00 bits per heavy atom. The molecule has 4 nitrogen and oxygen atoms in total. The summed E-state index contributed by atoms with van der Waals surface area (Å²) in [5, 5.41) is 10.1. The third-order valence-electron chi connectivity index (χ3n) is 2.80. The second kappa shape index (κ2) is 4.47. The lowest BCUT2D eigenvalue weighted by atomic mass is 10.3. The molecule has 84 valence electrons. The van der Waals surface area contributed by atoms with E-state index in [1.165, 1.54) is 0 Å². The maximum atomic E-state index is 9.09. The van der Waals surface area contributed by atoms with Crippen LogP contribution in [0.5, 0.6) is 0 Å². The second-order valence-corrected chi connectivity index (χ2v) is 5.13. The topological polar surface area (TPSA) is 39.6 Å². The summed E-state index contributed by atoms with van der Waals surface area (Å²) in [5.41, 5.74) is 0.828. The normalized spacial score (nSPS) is 18.5. The molecule has 1 saturated heterocycles. The van der Waals surface area contributed by atoms with Gasteiger partial charge in [0.25, 0.3) is 0 Å². The molecule has 0 amide bonds. The number of hydrogen-bond acceptors (Lipinski definition) is 5. The summed E-state index contributed by atoms with van der Waals surface area (Å²) in [7, 11) is 2.14. The molecule has 0 atom stereocenters. The van der Waals surface area contributed by atoms with E-state index in [1.54, 1.807) is 11.3 Å². The number of aliphatic hydroxyl groups excluding tert-OH is 1. The van der Waals surface area contributed by atoms with Crippen LogP contribution in [0, 0.1) is 6.92 Å². The molecule has 1 aromatic heterocycles. The van der Waals surface area contributed by atoms with Gasteiger partial charge in [-0.05, 0) is 14.0 Å². The summed E-state index contributed by atoms with van der Waals surface area (Å²) in [4.78, 5) is 10.2. The van der Waals surface area contributed by atoms with Crippen LogP contribution in [0.15, 0.2) is 0 Å². The smallest absolute Gasteiger partial charge is 0.185 e. The van der Waals surface area contributed by atoms with E-state index in [1.807, 2.05) is 6.92 Å². The molecule has 0 aliphatic carbocycles. The van der Waals surface area contributed by atoms with Crippen molar-refractivity contribution in [3.63, 3.8) is 0 Å². The van der Waals surface area contributed by atoms with Crippen LogP contribution in [-0.2, 0) is 6.61 Å². The summed E-state index contributed by atoms with van der Waals surface area (Å²) in [6, 6.07) is 0. The molecule has 2 heterocycles. The number of anilines is 1. The largest absolute Gasteiger partial charge is 0.390 e. The van der Waals surface area contributed by atoms with Crippen LogP contribution in [0.4, 0.5) is 5.13 Å². The van der Waals surface area contributed by atoms with E-state index in [4.69, 9.17) is 5.11 Å². The van der Waals surface area contributed by atoms with E-state index in [2.05, 4.69) is 21.8 Å². The van der Waals surface area contributed by atoms with Crippen molar-refractivity contribution in [2.45, 2.75) is 13.5 Å². The summed E-state index contributed by atoms with van der Waals surface area (Å²) < 4.78 is 0. The van der Waals surface area contributed by atoms with Gasteiger partial charge in [0.1, 0.15) is 0 Å². The Balaban J connectivity index is 2.09. The first kappa shape index (κ1) is 10.9. The van der Waals surface area contributed by atoms with Crippen LogP contribution < -0.4 is 4.90 Å². The minimum Gasteiger partial charge on any atom is -0.390 e. The summed E-state index contributed by atoms with van der Waals surface area (Å²) >= 11 is 1.68. The molecule has 5 heteroatoms. The molecule has 0 radical (unpaired) electrons. The number of nitrogens with zero attached hydrogens (tertiary/aromatic N) is 3. The van der Waals surface area contributed by atoms with Crippen molar-refractivity contribution >= 4 is 16.5 Å². The van der Waals surface area contributed by atoms with Gasteiger partial charge in [0.2, 0.25) is 0 Å². The summed E-state index contributed by atoms with van der Waals surface area (Å²) in [6.07, 6.45) is 0. The molecule has 1 aliphatic heterocycles. The molecule has 15 heavy (non-hydrogen) atoms. The van der Waals surface area contributed by atoms with Crippen molar-refractivity contribution in [2.75, 3.05) is 38.1 Å². The SMILES string of the molecule is Cc1sc(N2CCN(C)CC2)nc1CO. The minimum atomic E-state index is 0.0517. The standard InChI is InChI=1S/C10H17N3OS/c1-8-9(7-14)11-10(15-8)13-5-3-12(2)4-6-13/h14H,3-7H2,1-2H3. The highest BCUT2D eigenvalue weighted by Gasteiger charge is 2.18. The van der Waals surface area contributed by atoms with Gasteiger partial charge >= 0.3 is 0 Å². The lowest BCUT2D eigenvalue weighted by Gasteiger charge is -2.32. The van der Waals surface area contributed by atoms with Crippen molar-refractivity contribution < 1.29 is 5.11 Å². The molecule has 0 unspecified atom stereocenters. The first-order valence-electron chi connectivity index (χ1n) is 5.21. The van der Waals surface area contributed by atoms with Gasteiger partial charge in [0.05, 0.1) is 12.3 Å². The molecule has 0 spiro atoms. The third kappa shape index (κ3) is 2.30.